The first-order valence-corrected chi connectivity index (χ1v) is 12.4. The number of methoxy groups -OCH3 is 1. The van der Waals surface area contributed by atoms with Gasteiger partial charge < -0.3 is 19.3 Å². The van der Waals surface area contributed by atoms with Gasteiger partial charge in [-0.05, 0) is 72.5 Å². The van der Waals surface area contributed by atoms with E-state index in [1.54, 1.807) is 18.1 Å². The highest BCUT2D eigenvalue weighted by Crippen LogP contribution is 2.45. The van der Waals surface area contributed by atoms with Crippen molar-refractivity contribution in [3.63, 3.8) is 0 Å². The van der Waals surface area contributed by atoms with Crippen LogP contribution < -0.4 is 19.3 Å². The maximum absolute atomic E-state index is 13.6. The summed E-state index contributed by atoms with van der Waals surface area (Å²) in [5.74, 6) is 0.961. The highest BCUT2D eigenvalue weighted by atomic mass is 35.5. The molecule has 1 aliphatic rings. The maximum Gasteiger partial charge on any atom is 0.288 e. The summed E-state index contributed by atoms with van der Waals surface area (Å²) in [6.07, 6.45) is 0.897. The largest absolute Gasteiger partial charge is 0.493 e. The Hall–Kier alpha value is -3.78. The Morgan fingerprint density at radius 1 is 1.14 bits per heavy atom. The Kier molecular flexibility index (Phi) is 7.59. The third-order valence-electron chi connectivity index (χ3n) is 6.62. The molecule has 0 N–H and O–H groups in total. The minimum Gasteiger partial charge on any atom is -0.493 e. The van der Waals surface area contributed by atoms with Crippen LogP contribution in [0, 0.1) is 10.1 Å². The molecule has 2 atom stereocenters. The van der Waals surface area contributed by atoms with Gasteiger partial charge >= 0.3 is 0 Å². The minimum atomic E-state index is -0.636. The van der Waals surface area contributed by atoms with Crippen LogP contribution in [-0.2, 0) is 11.2 Å². The van der Waals surface area contributed by atoms with Crippen LogP contribution in [0.25, 0.3) is 0 Å². The maximum atomic E-state index is 13.6. The van der Waals surface area contributed by atoms with Crippen LogP contribution in [0.4, 0.5) is 17.1 Å². The number of carbonyl (C=O) groups excluding carboxylic acids is 1. The van der Waals surface area contributed by atoms with Gasteiger partial charge in [0.25, 0.3) is 5.69 Å². The summed E-state index contributed by atoms with van der Waals surface area (Å²) in [5, 5.41) is 11.7. The van der Waals surface area contributed by atoms with Gasteiger partial charge in [0.2, 0.25) is 5.91 Å². The summed E-state index contributed by atoms with van der Waals surface area (Å²) in [6, 6.07) is 15.4. The Morgan fingerprint density at radius 3 is 2.43 bits per heavy atom. The van der Waals surface area contributed by atoms with Crippen molar-refractivity contribution in [1.82, 2.24) is 0 Å². The van der Waals surface area contributed by atoms with Crippen LogP contribution in [0.5, 0.6) is 11.5 Å². The first kappa shape index (κ1) is 26.3. The smallest absolute Gasteiger partial charge is 0.288 e. The van der Waals surface area contributed by atoms with E-state index in [4.69, 9.17) is 21.1 Å². The summed E-state index contributed by atoms with van der Waals surface area (Å²) in [7, 11) is 5.45. The Labute approximate surface area is 221 Å². The first-order chi connectivity index (χ1) is 17.6. The van der Waals surface area contributed by atoms with Gasteiger partial charge in [0.05, 0.1) is 30.6 Å². The quantitative estimate of drug-likeness (QED) is 0.259. The van der Waals surface area contributed by atoms with E-state index < -0.39 is 11.0 Å². The zero-order chi connectivity index (χ0) is 26.9. The molecule has 2 unspecified atom stereocenters. The Balaban J connectivity index is 1.94. The van der Waals surface area contributed by atoms with Gasteiger partial charge in [-0.3, -0.25) is 14.9 Å². The van der Waals surface area contributed by atoms with E-state index in [1.165, 1.54) is 12.1 Å². The van der Waals surface area contributed by atoms with Crippen molar-refractivity contribution in [1.29, 1.82) is 0 Å². The highest BCUT2D eigenvalue weighted by Gasteiger charge is 2.37. The lowest BCUT2D eigenvalue weighted by Gasteiger charge is -2.38. The molecule has 8 nitrogen and oxygen atoms in total. The van der Waals surface area contributed by atoms with E-state index in [0.717, 1.165) is 23.2 Å². The molecule has 0 saturated heterocycles. The SMILES string of the molecule is CCC(C)Oc1cc2c(cc1OC)CC(=O)N(c1ccc(N(C)C)cc1)C2c1ccc(Cl)c([N+](=O)[O-])c1. The Bertz CT molecular complexity index is 1330. The van der Waals surface area contributed by atoms with Gasteiger partial charge in [-0.15, -0.1) is 0 Å². The van der Waals surface area contributed by atoms with Gasteiger partial charge in [0.15, 0.2) is 11.5 Å². The molecule has 0 aliphatic carbocycles. The number of ether oxygens (including phenoxy) is 2. The summed E-state index contributed by atoms with van der Waals surface area (Å²) < 4.78 is 11.7. The van der Waals surface area contributed by atoms with Crippen LogP contribution in [0.3, 0.4) is 0 Å². The van der Waals surface area contributed by atoms with E-state index >= 15 is 0 Å². The van der Waals surface area contributed by atoms with Crippen LogP contribution in [0.2, 0.25) is 5.02 Å². The first-order valence-electron chi connectivity index (χ1n) is 12.0. The van der Waals surface area contributed by atoms with Crippen LogP contribution in [-0.4, -0.2) is 38.1 Å². The van der Waals surface area contributed by atoms with E-state index in [0.29, 0.717) is 22.7 Å². The van der Waals surface area contributed by atoms with Gasteiger partial charge in [0.1, 0.15) is 5.02 Å². The number of halogens is 1. The van der Waals surface area contributed by atoms with Crippen molar-refractivity contribution in [3.8, 4) is 11.5 Å². The molecular weight excluding hydrogens is 494 g/mol. The lowest BCUT2D eigenvalue weighted by Crippen LogP contribution is -2.41. The second-order valence-corrected chi connectivity index (χ2v) is 9.67. The molecule has 4 rings (SSSR count). The van der Waals surface area contributed by atoms with Crippen molar-refractivity contribution in [2.45, 2.75) is 38.8 Å². The second-order valence-electron chi connectivity index (χ2n) is 9.26. The van der Waals surface area contributed by atoms with Crippen molar-refractivity contribution in [3.05, 3.63) is 86.4 Å². The molecule has 0 fully saturated rings. The van der Waals surface area contributed by atoms with Crippen LogP contribution in [0.1, 0.15) is 43.0 Å². The predicted octanol–water partition coefficient (Wildman–Crippen LogP) is 6.18. The molecule has 0 aromatic heterocycles. The number of nitro groups is 1. The number of hydrogen-bond donors (Lipinski definition) is 0. The number of fused-ring (bicyclic) bond motifs is 1. The number of anilines is 2. The van der Waals surface area contributed by atoms with E-state index in [-0.39, 0.29) is 29.1 Å². The third kappa shape index (κ3) is 5.20. The monoisotopic (exact) mass is 523 g/mol. The van der Waals surface area contributed by atoms with E-state index in [1.807, 2.05) is 69.2 Å². The molecular formula is C28H30ClN3O5. The fourth-order valence-corrected chi connectivity index (χ4v) is 4.67. The fourth-order valence-electron chi connectivity index (χ4n) is 4.48. The average molecular weight is 524 g/mol. The van der Waals surface area contributed by atoms with Gasteiger partial charge in [-0.2, -0.15) is 0 Å². The van der Waals surface area contributed by atoms with Gasteiger partial charge in [0, 0.05) is 31.5 Å². The molecule has 37 heavy (non-hydrogen) atoms. The highest BCUT2D eigenvalue weighted by molar-refractivity contribution is 6.32. The summed E-state index contributed by atoms with van der Waals surface area (Å²) in [5.41, 5.74) is 3.62. The fraction of sp³-hybridized carbons (Fsp3) is 0.321. The van der Waals surface area contributed by atoms with E-state index in [2.05, 4.69) is 0 Å². The number of amides is 1. The molecule has 3 aromatic carbocycles. The molecule has 1 heterocycles. The van der Waals surface area contributed by atoms with Crippen molar-refractivity contribution in [2.24, 2.45) is 0 Å². The zero-order valence-electron chi connectivity index (χ0n) is 21.5. The molecule has 0 radical (unpaired) electrons. The second kappa shape index (κ2) is 10.7. The number of nitrogens with zero attached hydrogens (tertiary/aromatic N) is 3. The number of carbonyl (C=O) groups is 1. The average Bonchev–Trinajstić information content (AvgIpc) is 2.88. The molecule has 1 amide bonds. The minimum absolute atomic E-state index is 0.0357. The van der Waals surface area contributed by atoms with Crippen molar-refractivity contribution in [2.75, 3.05) is 31.0 Å². The van der Waals surface area contributed by atoms with Crippen molar-refractivity contribution < 1.29 is 19.2 Å². The van der Waals surface area contributed by atoms with E-state index in [9.17, 15) is 14.9 Å². The van der Waals surface area contributed by atoms with Crippen molar-refractivity contribution >= 4 is 34.6 Å². The zero-order valence-corrected chi connectivity index (χ0v) is 22.3. The third-order valence-corrected chi connectivity index (χ3v) is 6.94. The number of hydrogen-bond acceptors (Lipinski definition) is 6. The Morgan fingerprint density at radius 2 is 1.84 bits per heavy atom. The molecule has 0 saturated carbocycles. The molecule has 0 bridgehead atoms. The number of benzene rings is 3. The lowest BCUT2D eigenvalue weighted by atomic mass is 9.86. The molecule has 0 spiro atoms. The summed E-state index contributed by atoms with van der Waals surface area (Å²) in [4.78, 5) is 28.5. The summed E-state index contributed by atoms with van der Waals surface area (Å²) in [6.45, 7) is 4.00. The molecule has 3 aromatic rings. The summed E-state index contributed by atoms with van der Waals surface area (Å²) >= 11 is 6.13. The van der Waals surface area contributed by atoms with Crippen LogP contribution >= 0.6 is 11.6 Å². The van der Waals surface area contributed by atoms with Gasteiger partial charge in [-0.1, -0.05) is 24.6 Å². The molecule has 1 aliphatic heterocycles. The standard InChI is InChI=1S/C28H30ClN3O5/c1-6-17(2)37-26-16-22-19(14-25(26)36-5)15-27(33)31(21-10-8-20(9-11-21)30(3)4)28(22)18-7-12-23(29)24(13-18)32(34)35/h7-14,16-17,28H,6,15H2,1-5H3. The molecule has 9 heteroatoms. The number of rotatable bonds is 8. The molecule has 194 valence electrons. The number of nitro benzene ring substituents is 1. The normalized spacial score (nSPS) is 15.7. The van der Waals surface area contributed by atoms with Gasteiger partial charge in [-0.25, -0.2) is 0 Å². The van der Waals surface area contributed by atoms with Crippen LogP contribution in [0.15, 0.2) is 54.6 Å². The lowest BCUT2D eigenvalue weighted by molar-refractivity contribution is -0.384. The topological polar surface area (TPSA) is 85.2 Å². The predicted molar refractivity (Wildman–Crippen MR) is 145 cm³/mol.